The van der Waals surface area contributed by atoms with Crippen LogP contribution in [0.4, 0.5) is 0 Å². The summed E-state index contributed by atoms with van der Waals surface area (Å²) in [4.78, 5) is 25.2. The Morgan fingerprint density at radius 2 is 1.83 bits per heavy atom. The average molecular weight is 266 g/mol. The van der Waals surface area contributed by atoms with Crippen molar-refractivity contribution in [1.29, 1.82) is 0 Å². The zero-order valence-electron chi connectivity index (χ0n) is 9.50. The van der Waals surface area contributed by atoms with Gasteiger partial charge in [0.25, 0.3) is 0 Å². The molecule has 18 heavy (non-hydrogen) atoms. The Labute approximate surface area is 108 Å². The minimum absolute atomic E-state index is 0.0366. The van der Waals surface area contributed by atoms with Crippen LogP contribution in [-0.4, -0.2) is 16.8 Å². The molecule has 0 radical (unpaired) electrons. The van der Waals surface area contributed by atoms with Crippen LogP contribution >= 0.6 is 11.6 Å². The number of primary amides is 2. The van der Waals surface area contributed by atoms with Crippen LogP contribution in [0.25, 0.3) is 10.9 Å². The van der Waals surface area contributed by atoms with Gasteiger partial charge in [0.1, 0.15) is 0 Å². The highest BCUT2D eigenvalue weighted by Crippen LogP contribution is 2.26. The molecule has 0 atom stereocenters. The molecule has 94 valence electrons. The molecule has 2 amide bonds. The standard InChI is InChI=1S/C12H12ClN3O2/c13-6-1-2-9-7(3-6)8(4-11(14)17)10(16-9)5-12(15)18/h1-3,16H,4-5H2,(H2,14,17)(H2,15,18). The Kier molecular flexibility index (Phi) is 3.25. The van der Waals surface area contributed by atoms with Gasteiger partial charge in [0.05, 0.1) is 12.8 Å². The number of nitrogens with two attached hydrogens (primary N) is 2. The fourth-order valence-electron chi connectivity index (χ4n) is 1.98. The lowest BCUT2D eigenvalue weighted by Gasteiger charge is -2.00. The van der Waals surface area contributed by atoms with Crippen LogP contribution in [0, 0.1) is 0 Å². The van der Waals surface area contributed by atoms with Crippen molar-refractivity contribution in [3.63, 3.8) is 0 Å². The van der Waals surface area contributed by atoms with Crippen molar-refractivity contribution in [3.8, 4) is 0 Å². The summed E-state index contributed by atoms with van der Waals surface area (Å²) in [7, 11) is 0. The molecule has 0 aliphatic carbocycles. The molecule has 0 unspecified atom stereocenters. The molecule has 2 aromatic rings. The summed E-state index contributed by atoms with van der Waals surface area (Å²) < 4.78 is 0. The van der Waals surface area contributed by atoms with E-state index >= 15 is 0 Å². The van der Waals surface area contributed by atoms with Gasteiger partial charge in [-0.1, -0.05) is 11.6 Å². The van der Waals surface area contributed by atoms with Crippen LogP contribution in [0.3, 0.4) is 0 Å². The number of aromatic amines is 1. The number of benzene rings is 1. The molecule has 0 fully saturated rings. The largest absolute Gasteiger partial charge is 0.369 e. The van der Waals surface area contributed by atoms with Crippen molar-refractivity contribution in [1.82, 2.24) is 4.98 Å². The first-order valence-corrected chi connectivity index (χ1v) is 5.70. The first kappa shape index (κ1) is 12.4. The van der Waals surface area contributed by atoms with Crippen LogP contribution in [0.5, 0.6) is 0 Å². The molecule has 0 aliphatic heterocycles. The van der Waals surface area contributed by atoms with E-state index in [1.54, 1.807) is 18.2 Å². The van der Waals surface area contributed by atoms with E-state index in [-0.39, 0.29) is 12.8 Å². The van der Waals surface area contributed by atoms with E-state index < -0.39 is 11.8 Å². The van der Waals surface area contributed by atoms with E-state index in [0.29, 0.717) is 16.3 Å². The summed E-state index contributed by atoms with van der Waals surface area (Å²) in [5.74, 6) is -0.944. The summed E-state index contributed by atoms with van der Waals surface area (Å²) >= 11 is 5.92. The van der Waals surface area contributed by atoms with Gasteiger partial charge in [-0.2, -0.15) is 0 Å². The second-order valence-electron chi connectivity index (χ2n) is 4.06. The fourth-order valence-corrected chi connectivity index (χ4v) is 2.15. The number of hydrogen-bond donors (Lipinski definition) is 3. The van der Waals surface area contributed by atoms with Crippen molar-refractivity contribution < 1.29 is 9.59 Å². The van der Waals surface area contributed by atoms with Crippen molar-refractivity contribution in [2.45, 2.75) is 12.8 Å². The van der Waals surface area contributed by atoms with Gasteiger partial charge in [0, 0.05) is 21.6 Å². The number of carbonyl (C=O) groups excluding carboxylic acids is 2. The molecule has 0 aliphatic rings. The lowest BCUT2D eigenvalue weighted by atomic mass is 10.1. The van der Waals surface area contributed by atoms with Gasteiger partial charge in [-0.15, -0.1) is 0 Å². The van der Waals surface area contributed by atoms with Gasteiger partial charge < -0.3 is 16.5 Å². The molecule has 2 rings (SSSR count). The highest BCUT2D eigenvalue weighted by Gasteiger charge is 2.15. The first-order valence-electron chi connectivity index (χ1n) is 5.33. The zero-order valence-corrected chi connectivity index (χ0v) is 10.3. The Bertz CT molecular complexity index is 634. The number of carbonyl (C=O) groups is 2. The molecule has 0 spiro atoms. The Balaban J connectivity index is 2.60. The van der Waals surface area contributed by atoms with Crippen LogP contribution in [-0.2, 0) is 22.4 Å². The molecule has 1 aromatic carbocycles. The van der Waals surface area contributed by atoms with E-state index in [1.807, 2.05) is 0 Å². The molecule has 6 heteroatoms. The van der Waals surface area contributed by atoms with Gasteiger partial charge >= 0.3 is 0 Å². The SMILES string of the molecule is NC(=O)Cc1[nH]c2ccc(Cl)cc2c1CC(N)=O. The van der Waals surface area contributed by atoms with Crippen molar-refractivity contribution >= 4 is 34.3 Å². The Morgan fingerprint density at radius 1 is 1.17 bits per heavy atom. The Morgan fingerprint density at radius 3 is 2.44 bits per heavy atom. The predicted octanol–water partition coefficient (Wildman–Crippen LogP) is 0.877. The van der Waals surface area contributed by atoms with E-state index in [2.05, 4.69) is 4.98 Å². The lowest BCUT2D eigenvalue weighted by Crippen LogP contribution is -2.18. The Hall–Kier alpha value is -2.01. The van der Waals surface area contributed by atoms with E-state index in [1.165, 1.54) is 0 Å². The van der Waals surface area contributed by atoms with Gasteiger partial charge in [-0.25, -0.2) is 0 Å². The van der Waals surface area contributed by atoms with E-state index in [0.717, 1.165) is 10.9 Å². The second-order valence-corrected chi connectivity index (χ2v) is 4.49. The smallest absolute Gasteiger partial charge is 0.223 e. The maximum absolute atomic E-state index is 11.1. The summed E-state index contributed by atoms with van der Waals surface area (Å²) in [6.07, 6.45) is 0.0812. The minimum Gasteiger partial charge on any atom is -0.369 e. The monoisotopic (exact) mass is 265 g/mol. The third-order valence-electron chi connectivity index (χ3n) is 2.66. The molecule has 0 bridgehead atoms. The third kappa shape index (κ3) is 2.46. The quantitative estimate of drug-likeness (QED) is 0.764. The first-order chi connectivity index (χ1) is 8.47. The number of amides is 2. The molecule has 1 heterocycles. The predicted molar refractivity (Wildman–Crippen MR) is 69.1 cm³/mol. The van der Waals surface area contributed by atoms with E-state index in [9.17, 15) is 9.59 Å². The molecule has 5 nitrogen and oxygen atoms in total. The molecular weight excluding hydrogens is 254 g/mol. The molecule has 0 saturated heterocycles. The maximum Gasteiger partial charge on any atom is 0.223 e. The number of hydrogen-bond acceptors (Lipinski definition) is 2. The van der Waals surface area contributed by atoms with Gasteiger partial charge in [0.15, 0.2) is 0 Å². The summed E-state index contributed by atoms with van der Waals surface area (Å²) in [6, 6.07) is 5.24. The second kappa shape index (κ2) is 4.70. The van der Waals surface area contributed by atoms with Crippen LogP contribution in [0.1, 0.15) is 11.3 Å². The number of H-pyrrole nitrogens is 1. The van der Waals surface area contributed by atoms with E-state index in [4.69, 9.17) is 23.1 Å². The third-order valence-corrected chi connectivity index (χ3v) is 2.89. The van der Waals surface area contributed by atoms with Gasteiger partial charge in [0.2, 0.25) is 11.8 Å². The maximum atomic E-state index is 11.1. The highest BCUT2D eigenvalue weighted by atomic mass is 35.5. The van der Waals surface area contributed by atoms with Crippen LogP contribution in [0.2, 0.25) is 5.02 Å². The fraction of sp³-hybridized carbons (Fsp3) is 0.167. The number of aromatic nitrogens is 1. The molecular formula is C12H12ClN3O2. The summed E-state index contributed by atoms with van der Waals surface area (Å²) in [5, 5.41) is 1.34. The average Bonchev–Trinajstić information content (AvgIpc) is 2.55. The molecule has 1 aromatic heterocycles. The van der Waals surface area contributed by atoms with Crippen molar-refractivity contribution in [3.05, 3.63) is 34.5 Å². The van der Waals surface area contributed by atoms with Gasteiger partial charge in [-0.05, 0) is 23.8 Å². The number of rotatable bonds is 4. The number of halogens is 1. The molecule has 5 N–H and O–H groups in total. The lowest BCUT2D eigenvalue weighted by molar-refractivity contribution is -0.118. The number of fused-ring (bicyclic) bond motifs is 1. The van der Waals surface area contributed by atoms with Crippen LogP contribution < -0.4 is 11.5 Å². The summed E-state index contributed by atoms with van der Waals surface area (Å²) in [5.41, 5.74) is 12.5. The summed E-state index contributed by atoms with van der Waals surface area (Å²) in [6.45, 7) is 0. The normalized spacial score (nSPS) is 10.7. The minimum atomic E-state index is -0.474. The van der Waals surface area contributed by atoms with Crippen LogP contribution in [0.15, 0.2) is 18.2 Å². The van der Waals surface area contributed by atoms with Gasteiger partial charge in [-0.3, -0.25) is 9.59 Å². The molecule has 0 saturated carbocycles. The number of nitrogens with one attached hydrogen (secondary N) is 1. The highest BCUT2D eigenvalue weighted by molar-refractivity contribution is 6.31. The van der Waals surface area contributed by atoms with Crippen molar-refractivity contribution in [2.75, 3.05) is 0 Å². The zero-order chi connectivity index (χ0) is 13.3. The topological polar surface area (TPSA) is 102 Å². The van der Waals surface area contributed by atoms with Crippen molar-refractivity contribution in [2.24, 2.45) is 11.5 Å².